The summed E-state index contributed by atoms with van der Waals surface area (Å²) in [7, 11) is 1.41. The molecule has 3 heteroatoms. The van der Waals surface area contributed by atoms with Gasteiger partial charge in [0, 0.05) is 11.1 Å². The first-order chi connectivity index (χ1) is 15.5. The third-order valence-corrected chi connectivity index (χ3v) is 6.12. The van der Waals surface area contributed by atoms with E-state index in [9.17, 15) is 4.79 Å². The molecule has 1 aliphatic heterocycles. The lowest BCUT2D eigenvalue weighted by molar-refractivity contribution is 0.0601. The molecule has 0 saturated carbocycles. The second kappa shape index (κ2) is 8.51. The van der Waals surface area contributed by atoms with Gasteiger partial charge in [-0.15, -0.1) is 0 Å². The van der Waals surface area contributed by atoms with Gasteiger partial charge in [-0.25, -0.2) is 4.79 Å². The van der Waals surface area contributed by atoms with Crippen molar-refractivity contribution >= 4 is 33.8 Å². The van der Waals surface area contributed by atoms with E-state index >= 15 is 0 Å². The first kappa shape index (κ1) is 21.6. The van der Waals surface area contributed by atoms with Crippen LogP contribution in [-0.2, 0) is 10.2 Å². The smallest absolute Gasteiger partial charge is 0.337 e. The summed E-state index contributed by atoms with van der Waals surface area (Å²) >= 11 is 0. The van der Waals surface area contributed by atoms with Crippen LogP contribution in [-0.4, -0.2) is 13.1 Å². The van der Waals surface area contributed by atoms with Crippen LogP contribution in [0.15, 0.2) is 84.9 Å². The summed E-state index contributed by atoms with van der Waals surface area (Å²) in [6, 6.07) is 29.2. The predicted molar refractivity (Wildman–Crippen MR) is 133 cm³/mol. The quantitative estimate of drug-likeness (QED) is 0.309. The number of anilines is 3. The average molecular weight is 424 g/mol. The van der Waals surface area contributed by atoms with Gasteiger partial charge in [-0.3, -0.25) is 0 Å². The van der Waals surface area contributed by atoms with Gasteiger partial charge in [0.1, 0.15) is 0 Å². The summed E-state index contributed by atoms with van der Waals surface area (Å²) in [6.07, 6.45) is 0. The molecular formula is C29H29NO2. The van der Waals surface area contributed by atoms with E-state index in [-0.39, 0.29) is 11.4 Å². The molecule has 0 atom stereocenters. The van der Waals surface area contributed by atoms with Gasteiger partial charge in [-0.05, 0) is 58.3 Å². The molecule has 0 bridgehead atoms. The van der Waals surface area contributed by atoms with Crippen LogP contribution < -0.4 is 4.90 Å². The van der Waals surface area contributed by atoms with Crippen LogP contribution in [0.3, 0.4) is 0 Å². The normalized spacial score (nSPS) is 13.5. The molecular weight excluding hydrogens is 394 g/mol. The number of nitrogens with zero attached hydrogens (tertiary/aromatic N) is 1. The molecule has 1 heterocycles. The third kappa shape index (κ3) is 3.34. The summed E-state index contributed by atoms with van der Waals surface area (Å²) < 4.78 is 4.91. The molecule has 0 aliphatic carbocycles. The number of hydrogen-bond acceptors (Lipinski definition) is 3. The second-order valence-corrected chi connectivity index (χ2v) is 8.20. The van der Waals surface area contributed by atoms with Gasteiger partial charge in [0.2, 0.25) is 0 Å². The van der Waals surface area contributed by atoms with Crippen molar-refractivity contribution in [3.63, 3.8) is 0 Å². The fourth-order valence-electron chi connectivity index (χ4n) is 4.72. The van der Waals surface area contributed by atoms with Crippen molar-refractivity contribution in [1.82, 2.24) is 0 Å². The number of para-hydroxylation sites is 2. The summed E-state index contributed by atoms with van der Waals surface area (Å²) in [5, 5.41) is 2.19. The Morgan fingerprint density at radius 2 is 1.50 bits per heavy atom. The van der Waals surface area contributed by atoms with Gasteiger partial charge in [-0.1, -0.05) is 76.2 Å². The molecule has 0 fully saturated rings. The zero-order chi connectivity index (χ0) is 22.9. The Hall–Kier alpha value is -3.59. The molecule has 0 saturated heterocycles. The molecule has 0 aromatic heterocycles. The maximum Gasteiger partial charge on any atom is 0.337 e. The zero-order valence-electron chi connectivity index (χ0n) is 19.3. The van der Waals surface area contributed by atoms with Crippen LogP contribution >= 0.6 is 0 Å². The summed E-state index contributed by atoms with van der Waals surface area (Å²) in [5.41, 5.74) is 6.43. The Kier molecular flexibility index (Phi) is 5.75. The largest absolute Gasteiger partial charge is 0.465 e. The van der Waals surface area contributed by atoms with Crippen LogP contribution in [0.2, 0.25) is 0 Å². The first-order valence-electron chi connectivity index (χ1n) is 11.1. The minimum absolute atomic E-state index is 0.191. The number of carbonyl (C=O) groups excluding carboxylic acids is 1. The van der Waals surface area contributed by atoms with E-state index in [1.807, 2.05) is 32.0 Å². The highest BCUT2D eigenvalue weighted by molar-refractivity contribution is 6.01. The van der Waals surface area contributed by atoms with Crippen LogP contribution in [0.25, 0.3) is 10.8 Å². The second-order valence-electron chi connectivity index (χ2n) is 8.20. The van der Waals surface area contributed by atoms with Crippen molar-refractivity contribution in [3.05, 3.63) is 102 Å². The molecule has 0 unspecified atom stereocenters. The van der Waals surface area contributed by atoms with Gasteiger partial charge in [0.05, 0.1) is 24.0 Å². The van der Waals surface area contributed by atoms with Crippen molar-refractivity contribution in [1.29, 1.82) is 0 Å². The minimum atomic E-state index is -0.315. The fraction of sp³-hybridized carbons (Fsp3) is 0.207. The van der Waals surface area contributed by atoms with Gasteiger partial charge in [0.25, 0.3) is 0 Å². The van der Waals surface area contributed by atoms with Crippen LogP contribution in [0.5, 0.6) is 0 Å². The zero-order valence-corrected chi connectivity index (χ0v) is 19.3. The lowest BCUT2D eigenvalue weighted by Crippen LogP contribution is -2.30. The SMILES string of the molecule is CC.COC(=O)c1ccc2c3c(ccc2c1)N(c1ccccc1)c1ccccc1C3(C)C. The minimum Gasteiger partial charge on any atom is -0.465 e. The number of methoxy groups -OCH3 is 1. The van der Waals surface area contributed by atoms with E-state index in [2.05, 4.69) is 85.5 Å². The van der Waals surface area contributed by atoms with Gasteiger partial charge in [0.15, 0.2) is 0 Å². The fourth-order valence-corrected chi connectivity index (χ4v) is 4.72. The molecule has 3 nitrogen and oxygen atoms in total. The van der Waals surface area contributed by atoms with Crippen molar-refractivity contribution in [2.45, 2.75) is 33.1 Å². The van der Waals surface area contributed by atoms with Crippen LogP contribution in [0.1, 0.15) is 49.2 Å². The molecule has 0 spiro atoms. The molecule has 1 aliphatic rings. The number of ether oxygens (including phenoxy) is 1. The van der Waals surface area contributed by atoms with Crippen molar-refractivity contribution in [2.24, 2.45) is 0 Å². The number of carbonyl (C=O) groups is 1. The topological polar surface area (TPSA) is 29.5 Å². The van der Waals surface area contributed by atoms with Crippen LogP contribution in [0.4, 0.5) is 17.1 Å². The summed E-state index contributed by atoms with van der Waals surface area (Å²) in [5.74, 6) is -0.315. The van der Waals surface area contributed by atoms with Crippen LogP contribution in [0, 0.1) is 0 Å². The van der Waals surface area contributed by atoms with E-state index in [0.717, 1.165) is 16.5 Å². The molecule has 4 aromatic rings. The highest BCUT2D eigenvalue weighted by Gasteiger charge is 2.38. The molecule has 0 radical (unpaired) electrons. The number of fused-ring (bicyclic) bond motifs is 4. The monoisotopic (exact) mass is 423 g/mol. The predicted octanol–water partition coefficient (Wildman–Crippen LogP) is 7.76. The number of esters is 1. The Morgan fingerprint density at radius 3 is 2.22 bits per heavy atom. The Bertz CT molecular complexity index is 1280. The van der Waals surface area contributed by atoms with Crippen molar-refractivity contribution < 1.29 is 9.53 Å². The van der Waals surface area contributed by atoms with E-state index in [4.69, 9.17) is 4.74 Å². The van der Waals surface area contributed by atoms with E-state index < -0.39 is 0 Å². The number of benzene rings is 4. The van der Waals surface area contributed by atoms with E-state index in [0.29, 0.717) is 5.56 Å². The molecule has 5 rings (SSSR count). The highest BCUT2D eigenvalue weighted by Crippen LogP contribution is 2.53. The van der Waals surface area contributed by atoms with Gasteiger partial charge in [-0.2, -0.15) is 0 Å². The molecule has 0 N–H and O–H groups in total. The van der Waals surface area contributed by atoms with E-state index in [1.54, 1.807) is 0 Å². The van der Waals surface area contributed by atoms with Gasteiger partial charge < -0.3 is 9.64 Å². The molecule has 32 heavy (non-hydrogen) atoms. The Morgan fingerprint density at radius 1 is 0.812 bits per heavy atom. The Balaban J connectivity index is 0.00000119. The standard InChI is InChI=1S/C27H23NO2.C2H6/c1-27(2)22-11-7-8-12-23(22)28(20-9-5-4-6-10-20)24-16-14-18-17-19(26(29)30-3)13-15-21(18)25(24)27;1-2/h4-17H,1-3H3;1-2H3. The lowest BCUT2D eigenvalue weighted by Gasteiger charge is -2.42. The van der Waals surface area contributed by atoms with Crippen molar-refractivity contribution in [2.75, 3.05) is 12.0 Å². The first-order valence-corrected chi connectivity index (χ1v) is 11.1. The number of hydrogen-bond donors (Lipinski definition) is 0. The molecule has 162 valence electrons. The van der Waals surface area contributed by atoms with E-state index in [1.165, 1.54) is 29.6 Å². The lowest BCUT2D eigenvalue weighted by atomic mass is 9.71. The van der Waals surface area contributed by atoms with Gasteiger partial charge >= 0.3 is 5.97 Å². The molecule has 4 aromatic carbocycles. The maximum absolute atomic E-state index is 12.0. The number of rotatable bonds is 2. The molecule has 0 amide bonds. The summed E-state index contributed by atoms with van der Waals surface area (Å²) in [6.45, 7) is 8.56. The third-order valence-electron chi connectivity index (χ3n) is 6.12. The average Bonchev–Trinajstić information content (AvgIpc) is 2.85. The summed E-state index contributed by atoms with van der Waals surface area (Å²) in [4.78, 5) is 14.4. The maximum atomic E-state index is 12.0. The van der Waals surface area contributed by atoms with Crippen molar-refractivity contribution in [3.8, 4) is 0 Å². The Labute approximate surface area is 190 Å². The highest BCUT2D eigenvalue weighted by atomic mass is 16.5.